The average molecular weight is 457 g/mol. The van der Waals surface area contributed by atoms with E-state index >= 15 is 0 Å². The van der Waals surface area contributed by atoms with Gasteiger partial charge in [-0.25, -0.2) is 4.39 Å². The van der Waals surface area contributed by atoms with E-state index in [0.29, 0.717) is 35.9 Å². The number of rotatable bonds is 5. The maximum atomic E-state index is 14.1. The standard InChI is InChI=1S/C25H33FN4O3/c1-15-6-7-21(26)20-11-22(28-23(15)20)24(31)27-17-4-3-5-18(10-17)30-9-8-19(12-30)29(2)25(32)16-13-33-14-16/h6-7,11,16-19,28H,3-5,8-10,12-14H2,1-2H3,(H,27,31)/t17-,18-,19?/m1/s1. The lowest BCUT2D eigenvalue weighted by Crippen LogP contribution is -2.49. The van der Waals surface area contributed by atoms with Gasteiger partial charge in [0.1, 0.15) is 11.5 Å². The molecule has 2 aliphatic heterocycles. The summed E-state index contributed by atoms with van der Waals surface area (Å²) < 4.78 is 19.3. The molecule has 0 bridgehead atoms. The fourth-order valence-corrected chi connectivity index (χ4v) is 5.60. The third-order valence-electron chi connectivity index (χ3n) is 7.77. The van der Waals surface area contributed by atoms with Crippen LogP contribution in [0.3, 0.4) is 0 Å². The molecule has 8 heteroatoms. The van der Waals surface area contributed by atoms with Crippen LogP contribution in [0.2, 0.25) is 0 Å². The number of hydrogen-bond donors (Lipinski definition) is 2. The summed E-state index contributed by atoms with van der Waals surface area (Å²) in [6.45, 7) is 4.87. The molecule has 3 fully saturated rings. The third kappa shape index (κ3) is 4.38. The number of H-pyrrole nitrogens is 1. The van der Waals surface area contributed by atoms with Gasteiger partial charge in [0, 0.05) is 43.6 Å². The molecule has 1 unspecified atom stereocenters. The molecule has 1 aromatic carbocycles. The van der Waals surface area contributed by atoms with E-state index in [0.717, 1.165) is 50.8 Å². The average Bonchev–Trinajstić information content (AvgIpc) is 3.43. The summed E-state index contributed by atoms with van der Waals surface area (Å²) >= 11 is 0. The molecule has 33 heavy (non-hydrogen) atoms. The van der Waals surface area contributed by atoms with Crippen LogP contribution >= 0.6 is 0 Å². The number of benzene rings is 1. The van der Waals surface area contributed by atoms with Gasteiger partial charge in [-0.15, -0.1) is 0 Å². The summed E-state index contributed by atoms with van der Waals surface area (Å²) in [4.78, 5) is 33.0. The van der Waals surface area contributed by atoms with Crippen LogP contribution in [0.25, 0.3) is 10.9 Å². The van der Waals surface area contributed by atoms with Gasteiger partial charge < -0.3 is 19.9 Å². The molecule has 0 radical (unpaired) electrons. The highest BCUT2D eigenvalue weighted by Gasteiger charge is 2.37. The van der Waals surface area contributed by atoms with Crippen LogP contribution in [0.4, 0.5) is 4.39 Å². The monoisotopic (exact) mass is 456 g/mol. The number of likely N-dealkylation sites (tertiary alicyclic amines) is 1. The van der Waals surface area contributed by atoms with Crippen molar-refractivity contribution < 1.29 is 18.7 Å². The lowest BCUT2D eigenvalue weighted by atomic mass is 9.90. The number of amides is 2. The molecule has 3 heterocycles. The van der Waals surface area contributed by atoms with Crippen molar-refractivity contribution in [1.29, 1.82) is 0 Å². The summed E-state index contributed by atoms with van der Waals surface area (Å²) in [5, 5.41) is 3.63. The first-order valence-electron chi connectivity index (χ1n) is 12.1. The van der Waals surface area contributed by atoms with Crippen LogP contribution in [-0.4, -0.2) is 78.1 Å². The Balaban J connectivity index is 1.18. The van der Waals surface area contributed by atoms with E-state index in [2.05, 4.69) is 15.2 Å². The zero-order valence-electron chi connectivity index (χ0n) is 19.4. The highest BCUT2D eigenvalue weighted by atomic mass is 19.1. The van der Waals surface area contributed by atoms with Gasteiger partial charge in [-0.2, -0.15) is 0 Å². The summed E-state index contributed by atoms with van der Waals surface area (Å²) in [5.74, 6) is -0.268. The number of hydrogen-bond acceptors (Lipinski definition) is 4. The van der Waals surface area contributed by atoms with Crippen LogP contribution in [0.1, 0.15) is 48.2 Å². The van der Waals surface area contributed by atoms with Crippen molar-refractivity contribution in [2.24, 2.45) is 5.92 Å². The quantitative estimate of drug-likeness (QED) is 0.725. The van der Waals surface area contributed by atoms with Crippen molar-refractivity contribution >= 4 is 22.7 Å². The lowest BCUT2D eigenvalue weighted by molar-refractivity contribution is -0.150. The van der Waals surface area contributed by atoms with E-state index in [1.165, 1.54) is 6.07 Å². The van der Waals surface area contributed by atoms with Gasteiger partial charge >= 0.3 is 0 Å². The van der Waals surface area contributed by atoms with Gasteiger partial charge in [-0.05, 0) is 56.7 Å². The minimum absolute atomic E-state index is 0.0280. The molecule has 2 N–H and O–H groups in total. The van der Waals surface area contributed by atoms with Crippen molar-refractivity contribution in [3.8, 4) is 0 Å². The highest BCUT2D eigenvalue weighted by Crippen LogP contribution is 2.29. The second-order valence-corrected chi connectivity index (χ2v) is 9.95. The SMILES string of the molecule is Cc1ccc(F)c2cc(C(=O)N[C@@H]3CCC[C@@H](N4CCC(N(C)C(=O)C5COC5)C4)C3)[nH]c12. The maximum absolute atomic E-state index is 14.1. The lowest BCUT2D eigenvalue weighted by Gasteiger charge is -2.36. The van der Waals surface area contributed by atoms with Crippen LogP contribution in [0.5, 0.6) is 0 Å². The Hall–Kier alpha value is -2.45. The van der Waals surface area contributed by atoms with Crippen molar-refractivity contribution in [2.45, 2.75) is 57.2 Å². The fraction of sp³-hybridized carbons (Fsp3) is 0.600. The minimum Gasteiger partial charge on any atom is -0.380 e. The predicted molar refractivity (Wildman–Crippen MR) is 124 cm³/mol. The summed E-state index contributed by atoms with van der Waals surface area (Å²) in [7, 11) is 1.92. The molecule has 2 saturated heterocycles. The van der Waals surface area contributed by atoms with E-state index in [1.807, 2.05) is 18.9 Å². The number of carbonyl (C=O) groups excluding carboxylic acids is 2. The van der Waals surface area contributed by atoms with Gasteiger partial charge in [0.05, 0.1) is 24.6 Å². The molecule has 7 nitrogen and oxygen atoms in total. The molecule has 178 valence electrons. The summed E-state index contributed by atoms with van der Waals surface area (Å²) in [6, 6.07) is 5.52. The molecule has 3 atom stereocenters. The number of ether oxygens (including phenoxy) is 1. The van der Waals surface area contributed by atoms with Crippen molar-refractivity contribution in [3.05, 3.63) is 35.3 Å². The molecule has 1 aliphatic carbocycles. The van der Waals surface area contributed by atoms with Crippen LogP contribution in [-0.2, 0) is 9.53 Å². The zero-order chi connectivity index (χ0) is 23.1. The number of nitrogens with zero attached hydrogens (tertiary/aromatic N) is 2. The Morgan fingerprint density at radius 3 is 2.79 bits per heavy atom. The first-order valence-corrected chi connectivity index (χ1v) is 12.1. The number of aryl methyl sites for hydroxylation is 1. The second-order valence-electron chi connectivity index (χ2n) is 9.95. The number of aromatic amines is 1. The normalized spacial score (nSPS) is 26.3. The smallest absolute Gasteiger partial charge is 0.267 e. The van der Waals surface area contributed by atoms with Gasteiger partial charge in [0.25, 0.3) is 5.91 Å². The van der Waals surface area contributed by atoms with Crippen molar-refractivity contribution in [3.63, 3.8) is 0 Å². The van der Waals surface area contributed by atoms with E-state index in [9.17, 15) is 14.0 Å². The Bertz CT molecular complexity index is 1010. The Kier molecular flexibility index (Phi) is 6.14. The Morgan fingerprint density at radius 2 is 2.06 bits per heavy atom. The van der Waals surface area contributed by atoms with Gasteiger partial charge in [0.15, 0.2) is 0 Å². The summed E-state index contributed by atoms with van der Waals surface area (Å²) in [6.07, 6.45) is 5.02. The van der Waals surface area contributed by atoms with Crippen molar-refractivity contribution in [2.75, 3.05) is 33.4 Å². The summed E-state index contributed by atoms with van der Waals surface area (Å²) in [5.41, 5.74) is 2.00. The Morgan fingerprint density at radius 1 is 1.24 bits per heavy atom. The third-order valence-corrected chi connectivity index (χ3v) is 7.77. The molecular weight excluding hydrogens is 423 g/mol. The molecular formula is C25H33FN4O3. The maximum Gasteiger partial charge on any atom is 0.267 e. The van der Waals surface area contributed by atoms with E-state index in [-0.39, 0.29) is 35.6 Å². The second kappa shape index (κ2) is 9.06. The number of halogens is 1. The fourth-order valence-electron chi connectivity index (χ4n) is 5.60. The first kappa shape index (κ1) is 22.3. The van der Waals surface area contributed by atoms with E-state index in [1.54, 1.807) is 12.1 Å². The number of fused-ring (bicyclic) bond motifs is 1. The van der Waals surface area contributed by atoms with Crippen LogP contribution in [0, 0.1) is 18.7 Å². The molecule has 5 rings (SSSR count). The number of nitrogens with one attached hydrogen (secondary N) is 2. The van der Waals surface area contributed by atoms with E-state index < -0.39 is 0 Å². The number of aromatic nitrogens is 1. The first-order chi connectivity index (χ1) is 15.9. The molecule has 1 aromatic heterocycles. The number of likely N-dealkylation sites (N-methyl/N-ethyl adjacent to an activating group) is 1. The highest BCUT2D eigenvalue weighted by molar-refractivity contribution is 5.99. The largest absolute Gasteiger partial charge is 0.380 e. The van der Waals surface area contributed by atoms with Gasteiger partial charge in [-0.1, -0.05) is 6.07 Å². The van der Waals surface area contributed by atoms with Gasteiger partial charge in [-0.3, -0.25) is 14.5 Å². The van der Waals surface area contributed by atoms with Crippen LogP contribution in [0.15, 0.2) is 18.2 Å². The van der Waals surface area contributed by atoms with Crippen molar-refractivity contribution in [1.82, 2.24) is 20.1 Å². The minimum atomic E-state index is -0.319. The number of carbonyl (C=O) groups is 2. The topological polar surface area (TPSA) is 77.7 Å². The molecule has 0 spiro atoms. The molecule has 3 aliphatic rings. The van der Waals surface area contributed by atoms with Crippen LogP contribution < -0.4 is 5.32 Å². The van der Waals surface area contributed by atoms with E-state index in [4.69, 9.17) is 4.74 Å². The van der Waals surface area contributed by atoms with Gasteiger partial charge in [0.2, 0.25) is 5.91 Å². The predicted octanol–water partition coefficient (Wildman–Crippen LogP) is 2.84. The Labute approximate surface area is 193 Å². The molecule has 2 aromatic rings. The molecule has 2 amide bonds. The zero-order valence-corrected chi connectivity index (χ0v) is 19.4. The molecule has 1 saturated carbocycles.